The van der Waals surface area contributed by atoms with Crippen LogP contribution < -0.4 is 0 Å². The predicted molar refractivity (Wildman–Crippen MR) is 49.3 cm³/mol. The summed E-state index contributed by atoms with van der Waals surface area (Å²) in [5, 5.41) is 0. The van der Waals surface area contributed by atoms with Crippen LogP contribution in [0.15, 0.2) is 11.6 Å². The van der Waals surface area contributed by atoms with Crippen LogP contribution in [0.25, 0.3) is 0 Å². The second kappa shape index (κ2) is 3.50. The maximum absolute atomic E-state index is 11.2. The smallest absolute Gasteiger partial charge is 0.330 e. The lowest BCUT2D eigenvalue weighted by Gasteiger charge is -2.13. The largest absolute Gasteiger partial charge is 0.463 e. The minimum Gasteiger partial charge on any atom is -0.463 e. The number of rotatable bonds is 2. The van der Waals surface area contributed by atoms with E-state index in [4.69, 9.17) is 4.74 Å². The molecule has 2 atom stereocenters. The van der Waals surface area contributed by atoms with Gasteiger partial charge in [0.15, 0.2) is 0 Å². The molecule has 2 aliphatic rings. The quantitative estimate of drug-likeness (QED) is 0.466. The fourth-order valence-corrected chi connectivity index (χ4v) is 2.17. The van der Waals surface area contributed by atoms with E-state index in [-0.39, 0.29) is 5.97 Å². The van der Waals surface area contributed by atoms with Gasteiger partial charge < -0.3 is 4.74 Å². The summed E-state index contributed by atoms with van der Waals surface area (Å²) in [5.74, 6) is 0.454. The van der Waals surface area contributed by atoms with E-state index in [1.54, 1.807) is 6.08 Å². The van der Waals surface area contributed by atoms with Gasteiger partial charge >= 0.3 is 5.97 Å². The highest BCUT2D eigenvalue weighted by Crippen LogP contribution is 2.31. The van der Waals surface area contributed by atoms with Crippen LogP contribution in [0.1, 0.15) is 13.3 Å². The Bertz CT molecular complexity index is 247. The van der Waals surface area contributed by atoms with E-state index >= 15 is 0 Å². The van der Waals surface area contributed by atoms with Gasteiger partial charge in [0.25, 0.3) is 0 Å². The molecule has 0 amide bonds. The highest BCUT2D eigenvalue weighted by atomic mass is 16.5. The zero-order chi connectivity index (χ0) is 9.26. The summed E-state index contributed by atoms with van der Waals surface area (Å²) in [6.07, 6.45) is 2.90. The number of hydrogen-bond acceptors (Lipinski definition) is 3. The van der Waals surface area contributed by atoms with Gasteiger partial charge in [-0.3, -0.25) is 4.90 Å². The molecule has 13 heavy (non-hydrogen) atoms. The molecule has 72 valence electrons. The first kappa shape index (κ1) is 8.75. The van der Waals surface area contributed by atoms with Crippen molar-refractivity contribution >= 4 is 5.97 Å². The number of carbonyl (C=O) groups is 1. The number of hydrogen-bond donors (Lipinski definition) is 0. The molecule has 0 radical (unpaired) electrons. The minimum absolute atomic E-state index is 0.175. The summed E-state index contributed by atoms with van der Waals surface area (Å²) in [6, 6.07) is 0. The van der Waals surface area contributed by atoms with Gasteiger partial charge in [-0.15, -0.1) is 0 Å². The van der Waals surface area contributed by atoms with Crippen LogP contribution in [0, 0.1) is 5.92 Å². The van der Waals surface area contributed by atoms with Gasteiger partial charge in [-0.25, -0.2) is 4.79 Å². The fourth-order valence-electron chi connectivity index (χ4n) is 2.17. The van der Waals surface area contributed by atoms with Crippen LogP contribution in [0.2, 0.25) is 0 Å². The first-order valence-corrected chi connectivity index (χ1v) is 4.89. The molecule has 0 N–H and O–H groups in total. The molecular weight excluding hydrogens is 166 g/mol. The molecule has 2 saturated heterocycles. The average Bonchev–Trinajstić information content (AvgIpc) is 2.65. The molecule has 2 unspecified atom stereocenters. The van der Waals surface area contributed by atoms with Crippen LogP contribution in [0.3, 0.4) is 0 Å². The average molecular weight is 181 g/mol. The second-order valence-electron chi connectivity index (χ2n) is 3.69. The molecule has 3 heteroatoms. The Hall–Kier alpha value is -0.830. The van der Waals surface area contributed by atoms with Crippen molar-refractivity contribution in [2.45, 2.75) is 13.3 Å². The third kappa shape index (κ3) is 1.75. The number of fused-ring (bicyclic) bond motifs is 2. The van der Waals surface area contributed by atoms with Gasteiger partial charge in [-0.1, -0.05) is 0 Å². The van der Waals surface area contributed by atoms with Crippen molar-refractivity contribution in [2.75, 3.05) is 26.2 Å². The van der Waals surface area contributed by atoms with E-state index in [2.05, 4.69) is 4.90 Å². The van der Waals surface area contributed by atoms with Gasteiger partial charge in [0.05, 0.1) is 6.61 Å². The third-order valence-electron chi connectivity index (χ3n) is 2.79. The molecule has 0 aliphatic carbocycles. The third-order valence-corrected chi connectivity index (χ3v) is 2.79. The predicted octanol–water partition coefficient (Wildman–Crippen LogP) is 0.811. The monoisotopic (exact) mass is 181 g/mol. The summed E-state index contributed by atoms with van der Waals surface area (Å²) in [6.45, 7) is 5.62. The Labute approximate surface area is 78.4 Å². The van der Waals surface area contributed by atoms with Gasteiger partial charge in [-0.2, -0.15) is 0 Å². The summed E-state index contributed by atoms with van der Waals surface area (Å²) in [7, 11) is 0. The van der Waals surface area contributed by atoms with Crippen molar-refractivity contribution in [1.82, 2.24) is 4.90 Å². The second-order valence-corrected chi connectivity index (χ2v) is 3.69. The Kier molecular flexibility index (Phi) is 2.36. The molecule has 2 heterocycles. The molecule has 0 aromatic rings. The zero-order valence-electron chi connectivity index (χ0n) is 7.95. The number of ether oxygens (including phenoxy) is 1. The van der Waals surface area contributed by atoms with Crippen LogP contribution in [-0.2, 0) is 9.53 Å². The van der Waals surface area contributed by atoms with E-state index < -0.39 is 0 Å². The van der Waals surface area contributed by atoms with Crippen LogP contribution in [-0.4, -0.2) is 37.1 Å². The first-order valence-electron chi connectivity index (χ1n) is 4.89. The lowest BCUT2D eigenvalue weighted by Crippen LogP contribution is -2.18. The van der Waals surface area contributed by atoms with E-state index in [1.165, 1.54) is 18.5 Å². The highest BCUT2D eigenvalue weighted by molar-refractivity contribution is 5.83. The summed E-state index contributed by atoms with van der Waals surface area (Å²) >= 11 is 0. The molecule has 3 nitrogen and oxygen atoms in total. The van der Waals surface area contributed by atoms with Gasteiger partial charge in [-0.05, 0) is 31.4 Å². The molecule has 0 aromatic heterocycles. The van der Waals surface area contributed by atoms with Crippen LogP contribution in [0.5, 0.6) is 0 Å². The van der Waals surface area contributed by atoms with Crippen molar-refractivity contribution in [1.29, 1.82) is 0 Å². The lowest BCUT2D eigenvalue weighted by molar-refractivity contribution is -0.137. The minimum atomic E-state index is -0.175. The normalized spacial score (nSPS) is 34.1. The molecule has 2 bridgehead atoms. The molecular formula is C10H15NO2. The topological polar surface area (TPSA) is 29.5 Å². The molecule has 0 spiro atoms. The van der Waals surface area contributed by atoms with Crippen LogP contribution in [0.4, 0.5) is 0 Å². The number of carbonyl (C=O) groups excluding carboxylic acids is 1. The van der Waals surface area contributed by atoms with Crippen molar-refractivity contribution in [3.05, 3.63) is 11.6 Å². The maximum atomic E-state index is 11.2. The van der Waals surface area contributed by atoms with Crippen molar-refractivity contribution in [3.8, 4) is 0 Å². The van der Waals surface area contributed by atoms with E-state index in [0.717, 1.165) is 13.1 Å². The Balaban J connectivity index is 1.97. The molecule has 2 fully saturated rings. The number of esters is 1. The maximum Gasteiger partial charge on any atom is 0.330 e. The standard InChI is InChI=1S/C10H15NO2/c1-2-13-10(12)5-9-7-11-4-3-8(9)6-11/h5,8H,2-4,6-7H2,1H3/b9-5+. The Morgan fingerprint density at radius 1 is 1.77 bits per heavy atom. The molecule has 2 rings (SSSR count). The van der Waals surface area contributed by atoms with Crippen molar-refractivity contribution in [2.24, 2.45) is 5.92 Å². The molecule has 2 aliphatic heterocycles. The van der Waals surface area contributed by atoms with E-state index in [1.807, 2.05) is 6.92 Å². The summed E-state index contributed by atoms with van der Waals surface area (Å²) < 4.78 is 4.88. The zero-order valence-corrected chi connectivity index (χ0v) is 7.95. The summed E-state index contributed by atoms with van der Waals surface area (Å²) in [4.78, 5) is 13.5. The number of piperidine rings is 1. The van der Waals surface area contributed by atoms with Crippen molar-refractivity contribution in [3.63, 3.8) is 0 Å². The first-order chi connectivity index (χ1) is 6.29. The van der Waals surface area contributed by atoms with Gasteiger partial charge in [0, 0.05) is 19.2 Å². The van der Waals surface area contributed by atoms with Crippen LogP contribution >= 0.6 is 0 Å². The van der Waals surface area contributed by atoms with E-state index in [9.17, 15) is 4.79 Å². The SMILES string of the molecule is CCOC(=O)/C=C1\CN2CCC1C2. The van der Waals surface area contributed by atoms with Gasteiger partial charge in [0.2, 0.25) is 0 Å². The fraction of sp³-hybridized carbons (Fsp3) is 0.700. The van der Waals surface area contributed by atoms with E-state index in [0.29, 0.717) is 12.5 Å². The van der Waals surface area contributed by atoms with Gasteiger partial charge in [0.1, 0.15) is 0 Å². The highest BCUT2D eigenvalue weighted by Gasteiger charge is 2.33. The molecule has 0 aromatic carbocycles. The Morgan fingerprint density at radius 3 is 3.15 bits per heavy atom. The van der Waals surface area contributed by atoms with Crippen molar-refractivity contribution < 1.29 is 9.53 Å². The summed E-state index contributed by atoms with van der Waals surface area (Å²) in [5.41, 5.74) is 1.27. The number of nitrogens with zero attached hydrogens (tertiary/aromatic N) is 1. The Morgan fingerprint density at radius 2 is 2.62 bits per heavy atom. The lowest BCUT2D eigenvalue weighted by atomic mass is 9.99. The molecule has 0 saturated carbocycles.